The summed E-state index contributed by atoms with van der Waals surface area (Å²) >= 11 is 1.21. The number of carboxylic acid groups (broad SMARTS) is 1. The normalized spacial score (nSPS) is 13.6. The van der Waals surface area contributed by atoms with Crippen molar-refractivity contribution in [2.75, 3.05) is 20.3 Å². The van der Waals surface area contributed by atoms with Gasteiger partial charge in [-0.2, -0.15) is 0 Å². The van der Waals surface area contributed by atoms with Crippen molar-refractivity contribution in [1.29, 1.82) is 0 Å². The Labute approximate surface area is 121 Å². The lowest BCUT2D eigenvalue weighted by atomic mass is 10.2. The minimum Gasteiger partial charge on any atom is -0.476 e. The molecule has 0 aliphatic carbocycles. The van der Waals surface area contributed by atoms with E-state index in [9.17, 15) is 9.59 Å². The molecular formula is C12H19N3O4S. The SMILES string of the molecule is COCC(C)CNC(=O)NC(C)c1nc(C(=O)O)cs1. The number of carboxylic acids is 1. The Hall–Kier alpha value is -1.67. The number of hydrogen-bond acceptors (Lipinski definition) is 5. The summed E-state index contributed by atoms with van der Waals surface area (Å²) in [4.78, 5) is 26.3. The minimum atomic E-state index is -1.07. The number of aromatic nitrogens is 1. The van der Waals surface area contributed by atoms with E-state index < -0.39 is 5.97 Å². The predicted octanol–water partition coefficient (Wildman–Crippen LogP) is 1.48. The lowest BCUT2D eigenvalue weighted by Crippen LogP contribution is -2.39. The molecule has 2 amide bonds. The highest BCUT2D eigenvalue weighted by Gasteiger charge is 2.16. The third kappa shape index (κ3) is 5.14. The molecule has 2 atom stereocenters. The van der Waals surface area contributed by atoms with Gasteiger partial charge in [0.15, 0.2) is 5.69 Å². The molecule has 0 spiro atoms. The molecule has 8 heteroatoms. The molecule has 2 unspecified atom stereocenters. The van der Waals surface area contributed by atoms with Crippen LogP contribution in [0.2, 0.25) is 0 Å². The maximum Gasteiger partial charge on any atom is 0.355 e. The maximum atomic E-state index is 11.7. The molecule has 1 heterocycles. The number of nitrogens with zero attached hydrogens (tertiary/aromatic N) is 1. The van der Waals surface area contributed by atoms with E-state index in [1.807, 2.05) is 6.92 Å². The van der Waals surface area contributed by atoms with Crippen LogP contribution < -0.4 is 10.6 Å². The Bertz CT molecular complexity index is 463. The third-order valence-corrected chi connectivity index (χ3v) is 3.55. The molecule has 20 heavy (non-hydrogen) atoms. The van der Waals surface area contributed by atoms with Crippen molar-refractivity contribution in [2.24, 2.45) is 5.92 Å². The van der Waals surface area contributed by atoms with Crippen LogP contribution >= 0.6 is 11.3 Å². The topological polar surface area (TPSA) is 101 Å². The van der Waals surface area contributed by atoms with Crippen LogP contribution in [0.25, 0.3) is 0 Å². The number of rotatable bonds is 7. The van der Waals surface area contributed by atoms with E-state index in [2.05, 4.69) is 15.6 Å². The fraction of sp³-hybridized carbons (Fsp3) is 0.583. The molecule has 0 radical (unpaired) electrons. The number of carbonyl (C=O) groups excluding carboxylic acids is 1. The Morgan fingerprint density at radius 3 is 2.75 bits per heavy atom. The van der Waals surface area contributed by atoms with E-state index in [0.717, 1.165) is 0 Å². The fourth-order valence-electron chi connectivity index (χ4n) is 1.50. The first kappa shape index (κ1) is 16.4. The maximum absolute atomic E-state index is 11.7. The fourth-order valence-corrected chi connectivity index (χ4v) is 2.30. The number of aromatic carboxylic acids is 1. The average molecular weight is 301 g/mol. The molecule has 0 fully saturated rings. The standard InChI is InChI=1S/C12H19N3O4S/c1-7(5-19-3)4-13-12(18)14-8(2)10-15-9(6-20-10)11(16)17/h6-8H,4-5H2,1-3H3,(H,16,17)(H2,13,14,18). The first-order valence-corrected chi connectivity index (χ1v) is 7.04. The lowest BCUT2D eigenvalue weighted by molar-refractivity contribution is 0.0691. The van der Waals surface area contributed by atoms with Gasteiger partial charge >= 0.3 is 12.0 Å². The van der Waals surface area contributed by atoms with E-state index >= 15 is 0 Å². The summed E-state index contributed by atoms with van der Waals surface area (Å²) in [6, 6.07) is -0.654. The molecule has 0 bridgehead atoms. The number of urea groups is 1. The van der Waals surface area contributed by atoms with Gasteiger partial charge in [-0.15, -0.1) is 11.3 Å². The number of methoxy groups -OCH3 is 1. The van der Waals surface area contributed by atoms with Crippen molar-refractivity contribution in [3.05, 3.63) is 16.1 Å². The molecule has 112 valence electrons. The van der Waals surface area contributed by atoms with Gasteiger partial charge in [-0.3, -0.25) is 0 Å². The average Bonchev–Trinajstić information content (AvgIpc) is 2.86. The van der Waals surface area contributed by atoms with Crippen LogP contribution in [0.5, 0.6) is 0 Å². The van der Waals surface area contributed by atoms with Crippen molar-refractivity contribution in [3.63, 3.8) is 0 Å². The summed E-state index contributed by atoms with van der Waals surface area (Å²) < 4.78 is 4.98. The van der Waals surface area contributed by atoms with Crippen molar-refractivity contribution >= 4 is 23.3 Å². The summed E-state index contributed by atoms with van der Waals surface area (Å²) in [5.41, 5.74) is -0.00669. The number of amides is 2. The number of nitrogens with one attached hydrogen (secondary N) is 2. The predicted molar refractivity (Wildman–Crippen MR) is 75.1 cm³/mol. The van der Waals surface area contributed by atoms with Crippen molar-refractivity contribution < 1.29 is 19.4 Å². The second-order valence-electron chi connectivity index (χ2n) is 4.51. The van der Waals surface area contributed by atoms with Crippen LogP contribution in [0.3, 0.4) is 0 Å². The van der Waals surface area contributed by atoms with Crippen LogP contribution in [-0.4, -0.2) is 42.4 Å². The number of hydrogen-bond donors (Lipinski definition) is 3. The lowest BCUT2D eigenvalue weighted by Gasteiger charge is -2.15. The molecule has 1 rings (SSSR count). The Morgan fingerprint density at radius 1 is 1.50 bits per heavy atom. The Balaban J connectivity index is 2.42. The van der Waals surface area contributed by atoms with E-state index in [-0.39, 0.29) is 23.7 Å². The molecular weight excluding hydrogens is 282 g/mol. The zero-order chi connectivity index (χ0) is 15.1. The van der Waals surface area contributed by atoms with Crippen molar-refractivity contribution in [1.82, 2.24) is 15.6 Å². The monoisotopic (exact) mass is 301 g/mol. The summed E-state index contributed by atoms with van der Waals surface area (Å²) in [5.74, 6) is -0.850. The molecule has 0 aromatic carbocycles. The highest BCUT2D eigenvalue weighted by molar-refractivity contribution is 7.09. The van der Waals surface area contributed by atoms with Crippen LogP contribution in [-0.2, 0) is 4.74 Å². The Kier molecular flexibility index (Phi) is 6.40. The highest BCUT2D eigenvalue weighted by atomic mass is 32.1. The van der Waals surface area contributed by atoms with Gasteiger partial charge in [0.05, 0.1) is 12.6 Å². The van der Waals surface area contributed by atoms with Gasteiger partial charge in [-0.1, -0.05) is 6.92 Å². The number of ether oxygens (including phenoxy) is 1. The van der Waals surface area contributed by atoms with Gasteiger partial charge in [0, 0.05) is 19.0 Å². The highest BCUT2D eigenvalue weighted by Crippen LogP contribution is 2.17. The van der Waals surface area contributed by atoms with Crippen LogP contribution in [0.1, 0.15) is 35.4 Å². The zero-order valence-corrected chi connectivity index (χ0v) is 12.5. The first-order valence-electron chi connectivity index (χ1n) is 6.16. The minimum absolute atomic E-state index is 0.00669. The van der Waals surface area contributed by atoms with Crippen LogP contribution in [0.4, 0.5) is 4.79 Å². The molecule has 0 saturated heterocycles. The summed E-state index contributed by atoms with van der Waals surface area (Å²) in [6.45, 7) is 4.80. The smallest absolute Gasteiger partial charge is 0.355 e. The third-order valence-electron chi connectivity index (χ3n) is 2.52. The van der Waals surface area contributed by atoms with E-state index in [4.69, 9.17) is 9.84 Å². The molecule has 0 aliphatic rings. The van der Waals surface area contributed by atoms with Gasteiger partial charge < -0.3 is 20.5 Å². The van der Waals surface area contributed by atoms with Crippen LogP contribution in [0, 0.1) is 5.92 Å². The van der Waals surface area contributed by atoms with Crippen molar-refractivity contribution in [2.45, 2.75) is 19.9 Å². The van der Waals surface area contributed by atoms with E-state index in [1.54, 1.807) is 14.0 Å². The molecule has 0 saturated carbocycles. The Morgan fingerprint density at radius 2 is 2.20 bits per heavy atom. The van der Waals surface area contributed by atoms with Crippen LogP contribution in [0.15, 0.2) is 5.38 Å². The molecule has 0 aliphatic heterocycles. The second-order valence-corrected chi connectivity index (χ2v) is 5.40. The first-order chi connectivity index (χ1) is 9.43. The van der Waals surface area contributed by atoms with Gasteiger partial charge in [0.1, 0.15) is 5.01 Å². The number of carbonyl (C=O) groups is 2. The summed E-state index contributed by atoms with van der Waals surface area (Å²) in [7, 11) is 1.61. The molecule has 1 aromatic rings. The molecule has 1 aromatic heterocycles. The molecule has 7 nitrogen and oxygen atoms in total. The summed E-state index contributed by atoms with van der Waals surface area (Å²) in [5, 5.41) is 16.2. The van der Waals surface area contributed by atoms with Crippen molar-refractivity contribution in [3.8, 4) is 0 Å². The van der Waals surface area contributed by atoms with Gasteiger partial charge in [-0.05, 0) is 12.8 Å². The van der Waals surface area contributed by atoms with Gasteiger partial charge in [0.2, 0.25) is 0 Å². The number of thiazole rings is 1. The largest absolute Gasteiger partial charge is 0.476 e. The quantitative estimate of drug-likeness (QED) is 0.708. The summed E-state index contributed by atoms with van der Waals surface area (Å²) in [6.07, 6.45) is 0. The zero-order valence-electron chi connectivity index (χ0n) is 11.7. The molecule has 3 N–H and O–H groups in total. The van der Waals surface area contributed by atoms with Gasteiger partial charge in [-0.25, -0.2) is 14.6 Å². The van der Waals surface area contributed by atoms with E-state index in [0.29, 0.717) is 18.2 Å². The van der Waals surface area contributed by atoms with E-state index in [1.165, 1.54) is 16.7 Å². The van der Waals surface area contributed by atoms with Gasteiger partial charge in [0.25, 0.3) is 0 Å². The second kappa shape index (κ2) is 7.81.